The van der Waals surface area contributed by atoms with Crippen molar-refractivity contribution in [1.29, 1.82) is 5.26 Å². The first-order valence-corrected chi connectivity index (χ1v) is 11.9. The number of carbonyl (C=O) groups is 2. The van der Waals surface area contributed by atoms with Gasteiger partial charge < -0.3 is 10.1 Å². The molecule has 0 bridgehead atoms. The number of benzene rings is 1. The first-order chi connectivity index (χ1) is 17.2. The molecule has 2 aromatic heterocycles. The number of hydrazine groups is 1. The molecule has 1 fully saturated rings. The van der Waals surface area contributed by atoms with Crippen molar-refractivity contribution in [1.82, 2.24) is 29.9 Å². The van der Waals surface area contributed by atoms with E-state index < -0.39 is 12.2 Å². The fourth-order valence-corrected chi connectivity index (χ4v) is 4.17. The maximum Gasteiger partial charge on any atom is 0.408 e. The van der Waals surface area contributed by atoms with Gasteiger partial charge in [0.05, 0.1) is 6.20 Å². The number of aromatic nitrogens is 4. The second kappa shape index (κ2) is 10.2. The zero-order valence-electron chi connectivity index (χ0n) is 20.9. The molecule has 4 rings (SSSR count). The standard InChI is InChI=1S/C25H30N8O3/c1-17(2)12-19(36-24(35)27-14-18-8-6-5-7-9-18)22(34)31-15-25(3,4)16-32(31)23-30-20(13-26)29-21-10-11-28-33(21)23/h5-11,17,19H,12,14-16H2,1-4H3,(H,27,35). The predicted molar refractivity (Wildman–Crippen MR) is 131 cm³/mol. The van der Waals surface area contributed by atoms with Gasteiger partial charge in [-0.3, -0.25) is 4.79 Å². The van der Waals surface area contributed by atoms with Gasteiger partial charge in [-0.2, -0.15) is 24.8 Å². The molecule has 1 N–H and O–H groups in total. The Bertz CT molecular complexity index is 1280. The molecule has 1 aliphatic rings. The average Bonchev–Trinajstić information content (AvgIpc) is 3.45. The molecule has 1 aliphatic heterocycles. The Morgan fingerprint density at radius 3 is 2.61 bits per heavy atom. The van der Waals surface area contributed by atoms with Gasteiger partial charge in [0.1, 0.15) is 6.07 Å². The maximum atomic E-state index is 13.8. The molecule has 11 heteroatoms. The number of nitriles is 1. The molecule has 36 heavy (non-hydrogen) atoms. The van der Waals surface area contributed by atoms with Gasteiger partial charge in [-0.15, -0.1) is 0 Å². The number of hydrogen-bond acceptors (Lipinski definition) is 8. The number of fused-ring (bicyclic) bond motifs is 1. The largest absolute Gasteiger partial charge is 0.436 e. The molecular formula is C25H30N8O3. The first kappa shape index (κ1) is 24.9. The Balaban J connectivity index is 1.59. The Kier molecular flexibility index (Phi) is 7.05. The van der Waals surface area contributed by atoms with Gasteiger partial charge in [-0.25, -0.2) is 14.8 Å². The number of hydrogen-bond donors (Lipinski definition) is 1. The summed E-state index contributed by atoms with van der Waals surface area (Å²) in [7, 11) is 0. The molecule has 1 unspecified atom stereocenters. The summed E-state index contributed by atoms with van der Waals surface area (Å²) < 4.78 is 7.15. The van der Waals surface area contributed by atoms with Crippen molar-refractivity contribution < 1.29 is 14.3 Å². The number of ether oxygens (including phenoxy) is 1. The van der Waals surface area contributed by atoms with Crippen LogP contribution in [0.4, 0.5) is 10.7 Å². The van der Waals surface area contributed by atoms with Crippen LogP contribution in [0.5, 0.6) is 0 Å². The van der Waals surface area contributed by atoms with E-state index in [-0.39, 0.29) is 23.1 Å². The van der Waals surface area contributed by atoms with E-state index in [0.717, 1.165) is 5.56 Å². The van der Waals surface area contributed by atoms with Crippen LogP contribution in [0.1, 0.15) is 45.5 Å². The second-order valence-corrected chi connectivity index (χ2v) is 10.0. The Morgan fingerprint density at radius 2 is 1.92 bits per heavy atom. The van der Waals surface area contributed by atoms with E-state index >= 15 is 0 Å². The highest BCUT2D eigenvalue weighted by Gasteiger charge is 2.44. The molecule has 0 saturated carbocycles. The van der Waals surface area contributed by atoms with Gasteiger partial charge in [0.2, 0.25) is 5.82 Å². The third-order valence-electron chi connectivity index (χ3n) is 5.76. The zero-order valence-corrected chi connectivity index (χ0v) is 20.9. The minimum Gasteiger partial charge on any atom is -0.436 e. The third kappa shape index (κ3) is 5.54. The van der Waals surface area contributed by atoms with Crippen LogP contribution in [0.25, 0.3) is 5.65 Å². The SMILES string of the molecule is CC(C)CC(OC(=O)NCc1ccccc1)C(=O)N1CC(C)(C)CN1c1nc(C#N)nc2ccnn12. The lowest BCUT2D eigenvalue weighted by molar-refractivity contribution is -0.141. The average molecular weight is 491 g/mol. The van der Waals surface area contributed by atoms with Crippen molar-refractivity contribution in [3.8, 4) is 6.07 Å². The van der Waals surface area contributed by atoms with Crippen LogP contribution >= 0.6 is 0 Å². The summed E-state index contributed by atoms with van der Waals surface area (Å²) in [5, 5.41) is 19.7. The van der Waals surface area contributed by atoms with E-state index in [4.69, 9.17) is 4.74 Å². The number of nitrogens with zero attached hydrogens (tertiary/aromatic N) is 7. The molecule has 3 aromatic rings. The lowest BCUT2D eigenvalue weighted by atomic mass is 9.95. The molecule has 2 amide bonds. The highest BCUT2D eigenvalue weighted by atomic mass is 16.6. The van der Waals surface area contributed by atoms with Crippen LogP contribution in [0.2, 0.25) is 0 Å². The molecular weight excluding hydrogens is 460 g/mol. The van der Waals surface area contributed by atoms with E-state index in [1.54, 1.807) is 22.3 Å². The molecule has 1 saturated heterocycles. The van der Waals surface area contributed by atoms with Crippen LogP contribution < -0.4 is 10.3 Å². The van der Waals surface area contributed by atoms with Crippen LogP contribution in [-0.4, -0.2) is 55.8 Å². The van der Waals surface area contributed by atoms with Gasteiger partial charge in [0.15, 0.2) is 11.8 Å². The van der Waals surface area contributed by atoms with Crippen LogP contribution in [0.3, 0.4) is 0 Å². The molecule has 0 aliphatic carbocycles. The minimum absolute atomic E-state index is 0.0228. The Hall–Kier alpha value is -4.20. The molecule has 3 heterocycles. The topological polar surface area (TPSA) is 129 Å². The van der Waals surface area contributed by atoms with Crippen molar-refractivity contribution in [2.45, 2.75) is 46.8 Å². The number of amides is 2. The summed E-state index contributed by atoms with van der Waals surface area (Å²) in [4.78, 5) is 35.0. The number of nitrogens with one attached hydrogen (secondary N) is 1. The van der Waals surface area contributed by atoms with Gasteiger partial charge in [-0.1, -0.05) is 58.0 Å². The monoisotopic (exact) mass is 490 g/mol. The van der Waals surface area contributed by atoms with Crippen LogP contribution in [-0.2, 0) is 16.1 Å². The van der Waals surface area contributed by atoms with Crippen molar-refractivity contribution in [2.24, 2.45) is 11.3 Å². The number of carbonyl (C=O) groups excluding carboxylic acids is 2. The summed E-state index contributed by atoms with van der Waals surface area (Å²) in [6, 6.07) is 13.1. The molecule has 0 radical (unpaired) electrons. The molecule has 188 valence electrons. The highest BCUT2D eigenvalue weighted by molar-refractivity contribution is 5.85. The van der Waals surface area contributed by atoms with Gasteiger partial charge in [-0.05, 0) is 17.9 Å². The number of alkyl carbamates (subject to hydrolysis) is 1. The lowest BCUT2D eigenvalue weighted by Crippen LogP contribution is -2.49. The Labute approximate surface area is 209 Å². The van der Waals surface area contributed by atoms with E-state index in [2.05, 4.69) is 20.4 Å². The smallest absolute Gasteiger partial charge is 0.408 e. The van der Waals surface area contributed by atoms with Gasteiger partial charge in [0.25, 0.3) is 11.9 Å². The summed E-state index contributed by atoms with van der Waals surface area (Å²) in [6.07, 6.45) is 0.255. The normalized spacial score (nSPS) is 15.7. The van der Waals surface area contributed by atoms with Gasteiger partial charge >= 0.3 is 6.09 Å². The van der Waals surface area contributed by atoms with Crippen molar-refractivity contribution in [3.05, 3.63) is 54.0 Å². The molecule has 1 aromatic carbocycles. The fraction of sp³-hybridized carbons (Fsp3) is 0.440. The lowest BCUT2D eigenvalue weighted by Gasteiger charge is -2.31. The van der Waals surface area contributed by atoms with Crippen molar-refractivity contribution in [2.75, 3.05) is 18.1 Å². The first-order valence-electron chi connectivity index (χ1n) is 11.9. The fourth-order valence-electron chi connectivity index (χ4n) is 4.17. The Morgan fingerprint density at radius 1 is 1.17 bits per heavy atom. The van der Waals surface area contributed by atoms with E-state index in [9.17, 15) is 14.9 Å². The number of anilines is 1. The predicted octanol–water partition coefficient (Wildman–Crippen LogP) is 2.93. The summed E-state index contributed by atoms with van der Waals surface area (Å²) >= 11 is 0. The van der Waals surface area contributed by atoms with Crippen molar-refractivity contribution in [3.63, 3.8) is 0 Å². The van der Waals surface area contributed by atoms with Crippen LogP contribution in [0.15, 0.2) is 42.6 Å². The third-order valence-corrected chi connectivity index (χ3v) is 5.76. The zero-order chi connectivity index (χ0) is 25.9. The molecule has 11 nitrogen and oxygen atoms in total. The quantitative estimate of drug-likeness (QED) is 0.535. The van der Waals surface area contributed by atoms with E-state index in [1.807, 2.05) is 64.1 Å². The summed E-state index contributed by atoms with van der Waals surface area (Å²) in [6.45, 7) is 9.12. The maximum absolute atomic E-state index is 13.8. The highest BCUT2D eigenvalue weighted by Crippen LogP contribution is 2.32. The minimum atomic E-state index is -0.998. The summed E-state index contributed by atoms with van der Waals surface area (Å²) in [5.74, 6) is 0.0243. The molecule has 1 atom stereocenters. The molecule has 0 spiro atoms. The van der Waals surface area contributed by atoms with Crippen molar-refractivity contribution >= 4 is 23.6 Å². The van der Waals surface area contributed by atoms with Gasteiger partial charge in [0, 0.05) is 31.1 Å². The second-order valence-electron chi connectivity index (χ2n) is 10.0. The summed E-state index contributed by atoms with van der Waals surface area (Å²) in [5.41, 5.74) is 1.09. The number of rotatable bonds is 7. The van der Waals surface area contributed by atoms with Crippen LogP contribution in [0, 0.1) is 22.7 Å². The van der Waals surface area contributed by atoms with E-state index in [0.29, 0.717) is 37.7 Å². The van der Waals surface area contributed by atoms with E-state index in [1.165, 1.54) is 4.52 Å².